The van der Waals surface area contributed by atoms with Crippen molar-refractivity contribution in [3.8, 4) is 5.75 Å². The molecule has 5 aromatic rings. The molecule has 130 heavy (non-hydrogen) atoms. The summed E-state index contributed by atoms with van der Waals surface area (Å²) in [5.74, 6) is -19.4. The van der Waals surface area contributed by atoms with Crippen molar-refractivity contribution < 1.29 is 107 Å². The van der Waals surface area contributed by atoms with Crippen molar-refractivity contribution in [3.05, 3.63) is 102 Å². The molecule has 5 heterocycles. The van der Waals surface area contributed by atoms with Gasteiger partial charge >= 0.3 is 0 Å². The Morgan fingerprint density at radius 3 is 1.59 bits per heavy atom. The van der Waals surface area contributed by atoms with E-state index in [1.54, 1.807) is 74.8 Å². The van der Waals surface area contributed by atoms with Gasteiger partial charge in [0, 0.05) is 106 Å². The molecule has 42 nitrogen and oxygen atoms in total. The number of aromatic nitrogens is 2. The average molecular weight is 1830 g/mol. The maximum atomic E-state index is 15.7. The number of carbonyl (C=O) groups is 18. The number of nitrogens with one attached hydrogen (secondary N) is 12. The number of benzene rings is 3. The van der Waals surface area contributed by atoms with E-state index in [1.165, 1.54) is 57.2 Å². The molecule has 708 valence electrons. The number of unbranched alkanes of at least 4 members (excludes halogenated alkanes) is 2. The van der Waals surface area contributed by atoms with Crippen LogP contribution in [0.15, 0.2) is 85.2 Å². The van der Waals surface area contributed by atoms with E-state index in [1.807, 2.05) is 13.8 Å². The summed E-state index contributed by atoms with van der Waals surface area (Å²) in [4.78, 5) is 271. The summed E-state index contributed by atoms with van der Waals surface area (Å²) in [5.41, 5.74) is 19.2. The Morgan fingerprint density at radius 2 is 1.02 bits per heavy atom. The highest BCUT2D eigenvalue weighted by Crippen LogP contribution is 2.28. The summed E-state index contributed by atoms with van der Waals surface area (Å²) in [6.45, 7) is 4.65. The number of carbonyl (C=O) groups excluding carboxylic acids is 18. The van der Waals surface area contributed by atoms with Crippen molar-refractivity contribution in [3.63, 3.8) is 0 Å². The minimum Gasteiger partial charge on any atom is -0.508 e. The molecule has 3 saturated heterocycles. The lowest BCUT2D eigenvalue weighted by molar-refractivity contribution is -0.149. The Morgan fingerprint density at radius 1 is 0.515 bits per heavy atom. The molecule has 0 aliphatic carbocycles. The second-order valence-electron chi connectivity index (χ2n) is 33.4. The first-order valence-electron chi connectivity index (χ1n) is 43.4. The number of nitrogens with two attached hydrogens (primary N) is 3. The molecular weight excluding hydrogens is 1710 g/mol. The van der Waals surface area contributed by atoms with Crippen molar-refractivity contribution in [2.24, 2.45) is 23.1 Å². The first-order valence-corrected chi connectivity index (χ1v) is 44.5. The number of primary amides is 3. The van der Waals surface area contributed by atoms with Crippen molar-refractivity contribution in [2.45, 2.75) is 228 Å². The molecule has 0 unspecified atom stereocenters. The number of phenolic OH excluding ortho intramolecular Hbond substituents is 1. The van der Waals surface area contributed by atoms with Gasteiger partial charge in [0.05, 0.1) is 38.0 Å². The van der Waals surface area contributed by atoms with Crippen LogP contribution < -0.4 is 70.4 Å². The van der Waals surface area contributed by atoms with Crippen molar-refractivity contribution >= 4 is 140 Å². The van der Waals surface area contributed by atoms with E-state index in [-0.39, 0.29) is 69.6 Å². The van der Waals surface area contributed by atoms with E-state index in [2.05, 4.69) is 63.1 Å². The van der Waals surface area contributed by atoms with E-state index < -0.39 is 261 Å². The number of fused-ring (bicyclic) bond motifs is 4. The second kappa shape index (κ2) is 48.6. The summed E-state index contributed by atoms with van der Waals surface area (Å²) in [7, 11) is 3.89. The first-order chi connectivity index (χ1) is 61.8. The van der Waals surface area contributed by atoms with Gasteiger partial charge in [0.25, 0.3) is 0 Å². The summed E-state index contributed by atoms with van der Waals surface area (Å²) in [6.07, 6.45) is -0.0655. The smallest absolute Gasteiger partial charge is 0.246 e. The van der Waals surface area contributed by atoms with Gasteiger partial charge in [-0.3, -0.25) is 86.3 Å². The minimum atomic E-state index is -1.94. The number of nitrogens with zero attached hydrogens (tertiary/aromatic N) is 5. The highest BCUT2D eigenvalue weighted by atomic mass is 32.2. The van der Waals surface area contributed by atoms with E-state index >= 15 is 33.6 Å². The zero-order chi connectivity index (χ0) is 95.5. The van der Waals surface area contributed by atoms with Gasteiger partial charge in [-0.2, -0.15) is 0 Å². The van der Waals surface area contributed by atoms with Gasteiger partial charge < -0.3 is 125 Å². The van der Waals surface area contributed by atoms with Crippen LogP contribution in [0.3, 0.4) is 0 Å². The molecule has 3 aromatic carbocycles. The third kappa shape index (κ3) is 28.1. The Balaban J connectivity index is 1.18. The first kappa shape index (κ1) is 103. The second-order valence-corrected chi connectivity index (χ2v) is 34.4. The number of aromatic hydroxyl groups is 1. The SMILES string of the molecule is CCCC[C@H]1C(=O)N(C)[C@@H](CCCC)C(=O)N[C@@H](CC(C)C)C(=O)N[C@H](C(=O)NCC(N)=O)CSCC(=O)N[C@@H](Cc2ccc(O)cc2)C(=O)N(C)[C@@H](C)C(=O)N[C@@H](CC(N)=O)C(=O)N2CCC[C@H]2C(=O)N[C@@H](CO)C(=O)N[C@@H](CCC(N)=O)C(=O)N2C[C@H](O)C[C@H]2C(=O)N[C@@H](Cc2c[nH]c3ccccc23)C(=O)N[C@@H](CO)C(=O)N[C@@H](Cc2c[nH]c3ccccc23)C(=O)N1C. The number of aromatic amines is 2. The largest absolute Gasteiger partial charge is 0.508 e. The van der Waals surface area contributed by atoms with Crippen LogP contribution in [0.4, 0.5) is 0 Å². The van der Waals surface area contributed by atoms with Crippen LogP contribution in [0, 0.1) is 5.92 Å². The minimum absolute atomic E-state index is 0.000369. The zero-order valence-electron chi connectivity index (χ0n) is 74.1. The van der Waals surface area contributed by atoms with Gasteiger partial charge in [-0.1, -0.05) is 102 Å². The molecule has 8 rings (SSSR count). The number of para-hydroxylation sites is 2. The van der Waals surface area contributed by atoms with E-state index in [9.17, 15) is 73.2 Å². The third-order valence-corrected chi connectivity index (χ3v) is 24.3. The van der Waals surface area contributed by atoms with Crippen molar-refractivity contribution in [2.75, 3.05) is 65.5 Å². The molecule has 15 atom stereocenters. The average Bonchev–Trinajstić information content (AvgIpc) is 1.56. The van der Waals surface area contributed by atoms with Crippen LogP contribution in [-0.2, 0) is 106 Å². The van der Waals surface area contributed by atoms with Gasteiger partial charge in [-0.05, 0) is 92.3 Å². The summed E-state index contributed by atoms with van der Waals surface area (Å²) in [6, 6.07) is -3.29. The van der Waals surface area contributed by atoms with Crippen molar-refractivity contribution in [1.29, 1.82) is 0 Å². The summed E-state index contributed by atoms with van der Waals surface area (Å²) in [5, 5.41) is 70.2. The number of aliphatic hydroxyl groups excluding tert-OH is 3. The Kier molecular flexibility index (Phi) is 38.4. The quantitative estimate of drug-likeness (QED) is 0.0281. The van der Waals surface area contributed by atoms with Crippen LogP contribution in [0.25, 0.3) is 21.8 Å². The number of aliphatic hydroxyl groups is 3. The number of phenols is 1. The van der Waals surface area contributed by atoms with Crippen LogP contribution in [0.5, 0.6) is 5.75 Å². The maximum absolute atomic E-state index is 15.7. The number of thioether (sulfide) groups is 1. The molecule has 3 aliphatic rings. The number of hydrogen-bond acceptors (Lipinski definition) is 23. The predicted molar refractivity (Wildman–Crippen MR) is 474 cm³/mol. The fourth-order valence-electron chi connectivity index (χ4n) is 15.9. The van der Waals surface area contributed by atoms with Crippen LogP contribution in [-0.4, -0.2) is 317 Å². The normalized spacial score (nSPS) is 25.3. The van der Waals surface area contributed by atoms with Crippen LogP contribution in [0.1, 0.15) is 135 Å². The molecule has 0 bridgehead atoms. The number of hydrogen-bond donors (Lipinski definition) is 19. The number of H-pyrrole nitrogens is 2. The fourth-order valence-corrected chi connectivity index (χ4v) is 16.8. The summed E-state index contributed by atoms with van der Waals surface area (Å²) < 4.78 is 0. The summed E-state index contributed by atoms with van der Waals surface area (Å²) >= 11 is 0.778. The topological polar surface area (TPSA) is 634 Å². The van der Waals surface area contributed by atoms with Gasteiger partial charge in [-0.15, -0.1) is 11.8 Å². The molecule has 3 aliphatic heterocycles. The van der Waals surface area contributed by atoms with Gasteiger partial charge in [0.15, 0.2) is 0 Å². The molecule has 0 saturated carbocycles. The predicted octanol–water partition coefficient (Wildman–Crippen LogP) is -3.90. The Hall–Kier alpha value is -12.8. The monoisotopic (exact) mass is 1830 g/mol. The molecule has 2 aromatic heterocycles. The maximum Gasteiger partial charge on any atom is 0.246 e. The fraction of sp³-hybridized carbons (Fsp3) is 0.540. The molecule has 0 radical (unpaired) electrons. The lowest BCUT2D eigenvalue weighted by Crippen LogP contribution is -2.62. The molecule has 22 N–H and O–H groups in total. The van der Waals surface area contributed by atoms with Gasteiger partial charge in [-0.25, -0.2) is 0 Å². The number of amides is 18. The highest BCUT2D eigenvalue weighted by molar-refractivity contribution is 8.00. The molecular formula is C87H122N20O22S. The van der Waals surface area contributed by atoms with E-state index in [4.69, 9.17) is 17.2 Å². The Labute approximate surface area is 755 Å². The van der Waals surface area contributed by atoms with Crippen LogP contribution in [0.2, 0.25) is 0 Å². The zero-order valence-corrected chi connectivity index (χ0v) is 74.9. The molecule has 18 amide bonds. The molecule has 0 spiro atoms. The van der Waals surface area contributed by atoms with E-state index in [0.717, 1.165) is 31.4 Å². The number of likely N-dealkylation sites (N-methyl/N-ethyl adjacent to an activating group) is 3. The van der Waals surface area contributed by atoms with Gasteiger partial charge in [0.2, 0.25) is 106 Å². The van der Waals surface area contributed by atoms with Gasteiger partial charge in [0.1, 0.15) is 90.3 Å². The standard InChI is InChI=1S/C87H122N20O22S/c1-9-11-22-66-80(122)96-58(32-46(3)4)76(118)102-65(75(117)93-40-72(90)114)44-130-45-73(115)94-60(33-48-25-27-51(110)28-26-48)83(125)103(6)47(5)74(116)98-62(37-71(89)113)86(128)106-31-17-24-67(106)81(123)101-64(43-109)78(120)95-57(29-30-70(88)112)85(127)107-41-52(111)36-69(107)82(124)97-59(34-49-38-91-55-20-15-13-18-53(49)55)77(119)100-63(42-108)79(121)99-61(35-50-39-92-56-21-16-14-19-54(50)56)84(126)105(8)68(23-12-10-2)87(129)104(66)7/h13-16,18-21,25-28,38-39,46-47,52,57-69,91-92,108-111H,9-12,17,22-24,29-37,40-45H2,1-8H3,(H2,88,112)(H2,89,113)(H2,90,114)(H,93,117)(H,94,115)(H,95,120)(H,96,122)(H,97,124)(H,98,116)(H,99,121)(H,100,119)(H,101,123)(H,102,118)/t47-,52+,57-,58-,59-,60-,61-,62-,63-,64-,65-,66-,67-,68-,69-/m0/s1. The third-order valence-electron chi connectivity index (χ3n) is 23.2. The highest BCUT2D eigenvalue weighted by Gasteiger charge is 2.47. The lowest BCUT2D eigenvalue weighted by atomic mass is 9.99. The lowest BCUT2D eigenvalue weighted by Gasteiger charge is -2.36. The number of rotatable bonds is 24. The van der Waals surface area contributed by atoms with Crippen molar-refractivity contribution in [1.82, 2.24) is 87.6 Å². The molecule has 3 fully saturated rings. The Bertz CT molecular complexity index is 4910. The van der Waals surface area contributed by atoms with E-state index in [0.29, 0.717) is 64.2 Å². The van der Waals surface area contributed by atoms with Crippen LogP contribution >= 0.6 is 11.8 Å². The molecule has 43 heteroatoms.